The van der Waals surface area contributed by atoms with Crippen molar-refractivity contribution in [2.24, 2.45) is 0 Å². The van der Waals surface area contributed by atoms with Crippen molar-refractivity contribution in [3.05, 3.63) is 82.7 Å². The lowest BCUT2D eigenvalue weighted by atomic mass is 10.1. The second-order valence-corrected chi connectivity index (χ2v) is 8.23. The number of fused-ring (bicyclic) bond motifs is 1. The van der Waals surface area contributed by atoms with Crippen molar-refractivity contribution in [3.63, 3.8) is 0 Å². The fraction of sp³-hybridized carbons (Fsp3) is 0.333. The average molecular weight is 431 g/mol. The van der Waals surface area contributed by atoms with E-state index in [9.17, 15) is 9.59 Å². The van der Waals surface area contributed by atoms with Crippen molar-refractivity contribution in [3.8, 4) is 0 Å². The van der Waals surface area contributed by atoms with Crippen LogP contribution in [0.3, 0.4) is 0 Å². The number of carbonyl (C=O) groups excluding carboxylic acids is 2. The third-order valence-electron chi connectivity index (χ3n) is 6.09. The summed E-state index contributed by atoms with van der Waals surface area (Å²) in [4.78, 5) is 29.4. The molecule has 0 N–H and O–H groups in total. The van der Waals surface area contributed by atoms with Crippen LogP contribution in [0.1, 0.15) is 43.8 Å². The van der Waals surface area contributed by atoms with Crippen LogP contribution < -0.4 is 0 Å². The zero-order valence-corrected chi connectivity index (χ0v) is 18.0. The lowest BCUT2D eigenvalue weighted by molar-refractivity contribution is -0.00202. The minimum Gasteiger partial charge on any atom is -0.365 e. The second-order valence-electron chi connectivity index (χ2n) is 8.23. The number of nitrogens with zero attached hydrogens (tertiary/aromatic N) is 5. The summed E-state index contributed by atoms with van der Waals surface area (Å²) in [6, 6.07) is 17.6. The first-order chi connectivity index (χ1) is 15.6. The molecule has 2 aliphatic rings. The predicted molar refractivity (Wildman–Crippen MR) is 117 cm³/mol. The molecule has 5 rings (SSSR count). The fourth-order valence-corrected chi connectivity index (χ4v) is 4.27. The van der Waals surface area contributed by atoms with Gasteiger partial charge in [-0.15, -0.1) is 5.10 Å². The summed E-state index contributed by atoms with van der Waals surface area (Å²) in [5, 5.41) is 8.39. The topological polar surface area (TPSA) is 80.6 Å². The third kappa shape index (κ3) is 3.89. The highest BCUT2D eigenvalue weighted by Crippen LogP contribution is 2.27. The monoisotopic (exact) mass is 431 g/mol. The zero-order chi connectivity index (χ0) is 22.1. The molecule has 0 saturated carbocycles. The Balaban J connectivity index is 1.23. The van der Waals surface area contributed by atoms with Crippen LogP contribution in [-0.2, 0) is 17.9 Å². The van der Waals surface area contributed by atoms with Crippen molar-refractivity contribution in [2.45, 2.75) is 26.2 Å². The number of rotatable bonds is 3. The molecule has 0 radical (unpaired) electrons. The standard InChI is InChI=1S/C24H25N5O3/c1-17-6-5-9-19(14-17)23(30)27-10-12-28(13-11-27)24(31)22-20-16-32-21(15-29(20)26-25-22)18-7-3-2-4-8-18/h2-9,14,21H,10-13,15-16H2,1H3. The van der Waals surface area contributed by atoms with E-state index in [1.54, 1.807) is 14.5 Å². The number of benzene rings is 2. The fourth-order valence-electron chi connectivity index (χ4n) is 4.27. The molecule has 1 unspecified atom stereocenters. The molecule has 8 nitrogen and oxygen atoms in total. The van der Waals surface area contributed by atoms with Crippen LogP contribution in [0.25, 0.3) is 0 Å². The Bertz CT molecular complexity index is 1140. The van der Waals surface area contributed by atoms with Crippen LogP contribution in [0.4, 0.5) is 0 Å². The summed E-state index contributed by atoms with van der Waals surface area (Å²) < 4.78 is 7.78. The van der Waals surface area contributed by atoms with E-state index in [0.29, 0.717) is 56.3 Å². The van der Waals surface area contributed by atoms with Crippen LogP contribution in [0, 0.1) is 6.92 Å². The quantitative estimate of drug-likeness (QED) is 0.636. The zero-order valence-electron chi connectivity index (χ0n) is 18.0. The van der Waals surface area contributed by atoms with E-state index in [1.165, 1.54) is 0 Å². The minimum absolute atomic E-state index is 0.00203. The molecule has 0 aliphatic carbocycles. The van der Waals surface area contributed by atoms with Crippen molar-refractivity contribution in [2.75, 3.05) is 26.2 Å². The molecule has 0 spiro atoms. The van der Waals surface area contributed by atoms with Crippen molar-refractivity contribution < 1.29 is 14.3 Å². The molecular formula is C24H25N5O3. The van der Waals surface area contributed by atoms with Gasteiger partial charge in [-0.2, -0.15) is 0 Å². The highest BCUT2D eigenvalue weighted by atomic mass is 16.5. The molecule has 1 aromatic heterocycles. The Morgan fingerprint density at radius 2 is 1.66 bits per heavy atom. The van der Waals surface area contributed by atoms with E-state index >= 15 is 0 Å². The Kier molecular flexibility index (Phi) is 5.45. The van der Waals surface area contributed by atoms with Crippen molar-refractivity contribution in [1.29, 1.82) is 0 Å². The first-order valence-electron chi connectivity index (χ1n) is 10.8. The van der Waals surface area contributed by atoms with E-state index < -0.39 is 0 Å². The number of hydrogen-bond donors (Lipinski definition) is 0. The Labute approximate surface area is 186 Å². The number of aryl methyl sites for hydroxylation is 1. The van der Waals surface area contributed by atoms with Crippen LogP contribution in [-0.4, -0.2) is 62.8 Å². The number of ether oxygens (including phenoxy) is 1. The molecule has 164 valence electrons. The molecule has 1 atom stereocenters. The summed E-state index contributed by atoms with van der Waals surface area (Å²) >= 11 is 0. The molecule has 2 aliphatic heterocycles. The molecule has 3 heterocycles. The van der Waals surface area contributed by atoms with Crippen LogP contribution in [0.5, 0.6) is 0 Å². The van der Waals surface area contributed by atoms with E-state index in [4.69, 9.17) is 4.74 Å². The third-order valence-corrected chi connectivity index (χ3v) is 6.09. The average Bonchev–Trinajstić information content (AvgIpc) is 3.27. The molecule has 1 fully saturated rings. The second kappa shape index (κ2) is 8.55. The molecular weight excluding hydrogens is 406 g/mol. The van der Waals surface area contributed by atoms with E-state index in [0.717, 1.165) is 11.1 Å². The van der Waals surface area contributed by atoms with Gasteiger partial charge in [0.2, 0.25) is 0 Å². The van der Waals surface area contributed by atoms with Crippen LogP contribution in [0.2, 0.25) is 0 Å². The maximum atomic E-state index is 13.1. The highest BCUT2D eigenvalue weighted by molar-refractivity contribution is 5.95. The summed E-state index contributed by atoms with van der Waals surface area (Å²) in [5.41, 5.74) is 3.87. The largest absolute Gasteiger partial charge is 0.365 e. The molecule has 32 heavy (non-hydrogen) atoms. The Morgan fingerprint density at radius 1 is 0.938 bits per heavy atom. The van der Waals surface area contributed by atoms with Gasteiger partial charge >= 0.3 is 0 Å². The van der Waals surface area contributed by atoms with Gasteiger partial charge in [-0.3, -0.25) is 9.59 Å². The molecule has 3 aromatic rings. The van der Waals surface area contributed by atoms with Crippen LogP contribution >= 0.6 is 0 Å². The van der Waals surface area contributed by atoms with Gasteiger partial charge < -0.3 is 14.5 Å². The summed E-state index contributed by atoms with van der Waals surface area (Å²) in [6.07, 6.45) is -0.107. The summed E-state index contributed by atoms with van der Waals surface area (Å²) in [7, 11) is 0. The SMILES string of the molecule is Cc1cccc(C(=O)N2CCN(C(=O)c3nnn4c3COC(c3ccccc3)C4)CC2)c1. The van der Waals surface area contributed by atoms with Gasteiger partial charge in [0.1, 0.15) is 6.10 Å². The summed E-state index contributed by atoms with van der Waals surface area (Å²) in [6.45, 7) is 4.71. The van der Waals surface area contributed by atoms with E-state index in [-0.39, 0.29) is 17.9 Å². The predicted octanol–water partition coefficient (Wildman–Crippen LogP) is 2.46. The van der Waals surface area contributed by atoms with Crippen molar-refractivity contribution >= 4 is 11.8 Å². The lowest BCUT2D eigenvalue weighted by Crippen LogP contribution is -2.50. The highest BCUT2D eigenvalue weighted by Gasteiger charge is 2.32. The molecule has 1 saturated heterocycles. The van der Waals surface area contributed by atoms with E-state index in [2.05, 4.69) is 10.3 Å². The van der Waals surface area contributed by atoms with Gasteiger partial charge in [-0.1, -0.05) is 53.2 Å². The normalized spacial score (nSPS) is 18.3. The van der Waals surface area contributed by atoms with Gasteiger partial charge in [-0.25, -0.2) is 4.68 Å². The van der Waals surface area contributed by atoms with Crippen molar-refractivity contribution in [1.82, 2.24) is 24.8 Å². The maximum absolute atomic E-state index is 13.1. The Hall–Kier alpha value is -3.52. The van der Waals surface area contributed by atoms with Gasteiger partial charge in [0.25, 0.3) is 11.8 Å². The summed E-state index contributed by atoms with van der Waals surface area (Å²) in [5.74, 6) is -0.155. The van der Waals surface area contributed by atoms with E-state index in [1.807, 2.05) is 61.5 Å². The minimum atomic E-state index is -0.157. The smallest absolute Gasteiger partial charge is 0.276 e. The number of hydrogen-bond acceptors (Lipinski definition) is 5. The first-order valence-corrected chi connectivity index (χ1v) is 10.8. The Morgan fingerprint density at radius 3 is 2.38 bits per heavy atom. The number of aromatic nitrogens is 3. The maximum Gasteiger partial charge on any atom is 0.276 e. The molecule has 2 aromatic carbocycles. The van der Waals surface area contributed by atoms with Gasteiger partial charge in [-0.05, 0) is 24.6 Å². The number of carbonyl (C=O) groups is 2. The van der Waals surface area contributed by atoms with Gasteiger partial charge in [0.15, 0.2) is 5.69 Å². The molecule has 0 bridgehead atoms. The first kappa shape index (κ1) is 20.4. The molecule has 8 heteroatoms. The van der Waals surface area contributed by atoms with Gasteiger partial charge in [0, 0.05) is 31.7 Å². The van der Waals surface area contributed by atoms with Crippen LogP contribution in [0.15, 0.2) is 54.6 Å². The lowest BCUT2D eigenvalue weighted by Gasteiger charge is -2.34. The number of piperazine rings is 1. The van der Waals surface area contributed by atoms with Gasteiger partial charge in [0.05, 0.1) is 18.8 Å². The molecule has 2 amide bonds. The number of amides is 2.